The van der Waals surface area contributed by atoms with E-state index in [-0.39, 0.29) is 12.2 Å². The van der Waals surface area contributed by atoms with Gasteiger partial charge in [0, 0.05) is 17.5 Å². The number of carbonyl (C=O) groups is 1. The number of benzene rings is 1. The zero-order valence-electron chi connectivity index (χ0n) is 7.47. The zero-order valence-corrected chi connectivity index (χ0v) is 7.47. The highest BCUT2D eigenvalue weighted by Gasteiger charge is 2.32. The number of hydrogen-bond acceptors (Lipinski definition) is 3. The van der Waals surface area contributed by atoms with Crippen molar-refractivity contribution in [2.24, 2.45) is 0 Å². The standard InChI is InChI=1S/C11H10O3/c12-7-11(14)6-2-3-8-9(11)4-1-5-10(8)13/h1-5,7,13-14H,6H2. The number of phenolic OH excluding ortho intramolecular Hbond substituents is 1. The first kappa shape index (κ1) is 8.97. The predicted octanol–water partition coefficient (Wildman–Crippen LogP) is 1.20. The Morgan fingerprint density at radius 3 is 2.93 bits per heavy atom. The number of phenols is 1. The molecule has 2 rings (SSSR count). The van der Waals surface area contributed by atoms with Gasteiger partial charge in [0.05, 0.1) is 0 Å². The molecule has 1 unspecified atom stereocenters. The lowest BCUT2D eigenvalue weighted by molar-refractivity contribution is -0.124. The highest BCUT2D eigenvalue weighted by molar-refractivity contribution is 5.75. The van der Waals surface area contributed by atoms with E-state index in [1.165, 1.54) is 6.07 Å². The molecule has 0 aliphatic heterocycles. The summed E-state index contributed by atoms with van der Waals surface area (Å²) < 4.78 is 0. The molecule has 0 aromatic heterocycles. The summed E-state index contributed by atoms with van der Waals surface area (Å²) in [4.78, 5) is 10.8. The van der Waals surface area contributed by atoms with Gasteiger partial charge in [0.2, 0.25) is 0 Å². The van der Waals surface area contributed by atoms with Gasteiger partial charge in [-0.25, -0.2) is 0 Å². The third-order valence-electron chi connectivity index (χ3n) is 2.46. The summed E-state index contributed by atoms with van der Waals surface area (Å²) in [5.74, 6) is 0.0822. The van der Waals surface area contributed by atoms with E-state index >= 15 is 0 Å². The number of rotatable bonds is 1. The maximum atomic E-state index is 10.8. The normalized spacial score (nSPS) is 24.4. The third-order valence-corrected chi connectivity index (χ3v) is 2.46. The van der Waals surface area contributed by atoms with Crippen molar-refractivity contribution in [3.8, 4) is 5.75 Å². The van der Waals surface area contributed by atoms with Crippen LogP contribution in [0.15, 0.2) is 24.3 Å². The molecule has 2 N–H and O–H groups in total. The van der Waals surface area contributed by atoms with E-state index < -0.39 is 5.60 Å². The van der Waals surface area contributed by atoms with Gasteiger partial charge < -0.3 is 10.2 Å². The lowest BCUT2D eigenvalue weighted by atomic mass is 9.84. The Labute approximate surface area is 81.3 Å². The summed E-state index contributed by atoms with van der Waals surface area (Å²) in [5, 5.41) is 19.4. The number of aromatic hydroxyl groups is 1. The molecule has 3 heteroatoms. The molecule has 0 amide bonds. The van der Waals surface area contributed by atoms with Gasteiger partial charge in [-0.1, -0.05) is 24.3 Å². The smallest absolute Gasteiger partial charge is 0.156 e. The Hall–Kier alpha value is -1.61. The van der Waals surface area contributed by atoms with Crippen LogP contribution in [-0.2, 0) is 10.4 Å². The molecule has 1 aliphatic carbocycles. The van der Waals surface area contributed by atoms with E-state index in [4.69, 9.17) is 0 Å². The van der Waals surface area contributed by atoms with Crippen LogP contribution in [0.2, 0.25) is 0 Å². The molecule has 3 nitrogen and oxygen atoms in total. The van der Waals surface area contributed by atoms with Crippen LogP contribution in [-0.4, -0.2) is 16.5 Å². The van der Waals surface area contributed by atoms with Crippen molar-refractivity contribution in [2.45, 2.75) is 12.0 Å². The third kappa shape index (κ3) is 1.14. The monoisotopic (exact) mass is 190 g/mol. The summed E-state index contributed by atoms with van der Waals surface area (Å²) in [6.45, 7) is 0. The molecule has 72 valence electrons. The van der Waals surface area contributed by atoms with Gasteiger partial charge in [0.25, 0.3) is 0 Å². The summed E-state index contributed by atoms with van der Waals surface area (Å²) in [6, 6.07) is 4.79. The Bertz CT molecular complexity index is 409. The van der Waals surface area contributed by atoms with Crippen molar-refractivity contribution < 1.29 is 15.0 Å². The van der Waals surface area contributed by atoms with Gasteiger partial charge in [0.1, 0.15) is 11.4 Å². The maximum absolute atomic E-state index is 10.8. The van der Waals surface area contributed by atoms with Gasteiger partial charge in [-0.2, -0.15) is 0 Å². The van der Waals surface area contributed by atoms with E-state index in [1.54, 1.807) is 24.3 Å². The molecule has 1 aromatic carbocycles. The highest BCUT2D eigenvalue weighted by atomic mass is 16.3. The molecule has 0 fully saturated rings. The Kier molecular flexibility index (Phi) is 1.89. The van der Waals surface area contributed by atoms with Crippen LogP contribution in [0.3, 0.4) is 0 Å². The zero-order chi connectivity index (χ0) is 10.2. The van der Waals surface area contributed by atoms with Crippen molar-refractivity contribution in [3.05, 3.63) is 35.4 Å². The summed E-state index contributed by atoms with van der Waals surface area (Å²) in [6.07, 6.45) is 4.15. The minimum Gasteiger partial charge on any atom is -0.507 e. The fourth-order valence-electron chi connectivity index (χ4n) is 1.68. The van der Waals surface area contributed by atoms with Crippen molar-refractivity contribution >= 4 is 12.4 Å². The summed E-state index contributed by atoms with van der Waals surface area (Å²) in [7, 11) is 0. The Morgan fingerprint density at radius 1 is 1.43 bits per heavy atom. The predicted molar refractivity (Wildman–Crippen MR) is 51.7 cm³/mol. The topological polar surface area (TPSA) is 57.5 Å². The lowest BCUT2D eigenvalue weighted by Crippen LogP contribution is -2.29. The van der Waals surface area contributed by atoms with Crippen molar-refractivity contribution in [1.82, 2.24) is 0 Å². The first-order chi connectivity index (χ1) is 6.67. The fraction of sp³-hybridized carbons (Fsp3) is 0.182. The van der Waals surface area contributed by atoms with Crippen LogP contribution >= 0.6 is 0 Å². The largest absolute Gasteiger partial charge is 0.507 e. The molecular formula is C11H10O3. The van der Waals surface area contributed by atoms with Crippen molar-refractivity contribution in [1.29, 1.82) is 0 Å². The molecule has 0 saturated carbocycles. The van der Waals surface area contributed by atoms with Crippen molar-refractivity contribution in [3.63, 3.8) is 0 Å². The van der Waals surface area contributed by atoms with Crippen LogP contribution in [0.5, 0.6) is 5.75 Å². The molecule has 0 heterocycles. The molecule has 0 spiro atoms. The van der Waals surface area contributed by atoms with Crippen LogP contribution in [0.25, 0.3) is 6.08 Å². The first-order valence-corrected chi connectivity index (χ1v) is 4.35. The second kappa shape index (κ2) is 2.96. The molecule has 14 heavy (non-hydrogen) atoms. The van der Waals surface area contributed by atoms with Gasteiger partial charge in [-0.15, -0.1) is 0 Å². The minimum absolute atomic E-state index is 0.0822. The second-order valence-corrected chi connectivity index (χ2v) is 3.39. The molecular weight excluding hydrogens is 180 g/mol. The average Bonchev–Trinajstić information content (AvgIpc) is 2.20. The summed E-state index contributed by atoms with van der Waals surface area (Å²) in [5.41, 5.74) is -0.494. The van der Waals surface area contributed by atoms with Crippen molar-refractivity contribution in [2.75, 3.05) is 0 Å². The van der Waals surface area contributed by atoms with Crippen LogP contribution in [0.1, 0.15) is 17.5 Å². The number of carbonyl (C=O) groups excluding carboxylic acids is 1. The highest BCUT2D eigenvalue weighted by Crippen LogP contribution is 2.36. The number of fused-ring (bicyclic) bond motifs is 1. The van der Waals surface area contributed by atoms with Crippen LogP contribution in [0, 0.1) is 0 Å². The number of aldehydes is 1. The van der Waals surface area contributed by atoms with Crippen LogP contribution in [0.4, 0.5) is 0 Å². The number of hydrogen-bond donors (Lipinski definition) is 2. The van der Waals surface area contributed by atoms with E-state index in [2.05, 4.69) is 0 Å². The minimum atomic E-state index is -1.48. The lowest BCUT2D eigenvalue weighted by Gasteiger charge is -2.26. The quantitative estimate of drug-likeness (QED) is 0.654. The van der Waals surface area contributed by atoms with Crippen LogP contribution < -0.4 is 0 Å². The first-order valence-electron chi connectivity index (χ1n) is 4.35. The van der Waals surface area contributed by atoms with Gasteiger partial charge in [0.15, 0.2) is 6.29 Å². The van der Waals surface area contributed by atoms with Gasteiger partial charge >= 0.3 is 0 Å². The maximum Gasteiger partial charge on any atom is 0.156 e. The Balaban J connectivity index is 2.68. The van der Waals surface area contributed by atoms with E-state index in [9.17, 15) is 15.0 Å². The molecule has 0 radical (unpaired) electrons. The molecule has 0 saturated heterocycles. The molecule has 1 aromatic rings. The fourth-order valence-corrected chi connectivity index (χ4v) is 1.68. The van der Waals surface area contributed by atoms with Gasteiger partial charge in [-0.05, 0) is 6.07 Å². The summed E-state index contributed by atoms with van der Waals surface area (Å²) >= 11 is 0. The molecule has 1 atom stereocenters. The van der Waals surface area contributed by atoms with Gasteiger partial charge in [-0.3, -0.25) is 4.79 Å². The van der Waals surface area contributed by atoms with E-state index in [0.29, 0.717) is 17.4 Å². The Morgan fingerprint density at radius 2 is 2.21 bits per heavy atom. The van der Waals surface area contributed by atoms with E-state index in [1.807, 2.05) is 0 Å². The average molecular weight is 190 g/mol. The molecule has 1 aliphatic rings. The second-order valence-electron chi connectivity index (χ2n) is 3.39. The number of aliphatic hydroxyl groups is 1. The molecule has 0 bridgehead atoms. The van der Waals surface area contributed by atoms with E-state index in [0.717, 1.165) is 0 Å². The SMILES string of the molecule is O=CC1(O)CC=Cc2c(O)cccc21.